The Hall–Kier alpha value is -3.41. The van der Waals surface area contributed by atoms with Crippen LogP contribution in [0.25, 0.3) is 5.69 Å². The van der Waals surface area contributed by atoms with Gasteiger partial charge in [0, 0.05) is 36.5 Å². The quantitative estimate of drug-likeness (QED) is 0.753. The van der Waals surface area contributed by atoms with E-state index in [1.54, 1.807) is 23.0 Å². The van der Waals surface area contributed by atoms with E-state index in [1.165, 1.54) is 6.92 Å². The Balaban J connectivity index is 1.67. The Morgan fingerprint density at radius 2 is 1.76 bits per heavy atom. The van der Waals surface area contributed by atoms with Gasteiger partial charge < -0.3 is 10.6 Å². The van der Waals surface area contributed by atoms with Crippen molar-refractivity contribution in [3.63, 3.8) is 0 Å². The molecule has 1 heterocycles. The van der Waals surface area contributed by atoms with Gasteiger partial charge in [-0.2, -0.15) is 5.10 Å². The van der Waals surface area contributed by atoms with Crippen LogP contribution in [0, 0.1) is 0 Å². The molecule has 2 aromatic carbocycles. The van der Waals surface area contributed by atoms with E-state index in [4.69, 9.17) is 0 Å². The van der Waals surface area contributed by atoms with Crippen molar-refractivity contribution in [2.24, 2.45) is 0 Å². The van der Waals surface area contributed by atoms with Gasteiger partial charge in [-0.3, -0.25) is 9.59 Å². The second-order valence-electron chi connectivity index (χ2n) is 5.57. The summed E-state index contributed by atoms with van der Waals surface area (Å²) >= 11 is 0. The summed E-state index contributed by atoms with van der Waals surface area (Å²) in [5, 5.41) is 9.85. The molecular weight excluding hydrogens is 316 g/mol. The van der Waals surface area contributed by atoms with Gasteiger partial charge in [0.2, 0.25) is 5.91 Å². The van der Waals surface area contributed by atoms with Crippen molar-refractivity contribution in [1.29, 1.82) is 0 Å². The van der Waals surface area contributed by atoms with E-state index in [9.17, 15) is 9.59 Å². The first-order chi connectivity index (χ1) is 12.1. The molecule has 2 N–H and O–H groups in total. The molecule has 0 unspecified atom stereocenters. The highest BCUT2D eigenvalue weighted by atomic mass is 16.2. The molecule has 6 heteroatoms. The Bertz CT molecular complexity index is 870. The Kier molecular flexibility index (Phi) is 4.89. The standard InChI is InChI=1S/C19H18N4O2/c1-14(24)20-11-15-12-21-23(13-15)18-9-7-16(8-10-18)19(25)22-17-5-3-2-4-6-17/h2-10,12-13H,11H2,1H3,(H,20,24)(H,22,25). The summed E-state index contributed by atoms with van der Waals surface area (Å²) in [4.78, 5) is 23.2. The number of hydrogen-bond donors (Lipinski definition) is 2. The Morgan fingerprint density at radius 3 is 2.44 bits per heavy atom. The molecule has 0 bridgehead atoms. The second-order valence-corrected chi connectivity index (χ2v) is 5.57. The lowest BCUT2D eigenvalue weighted by atomic mass is 10.2. The van der Waals surface area contributed by atoms with E-state index in [1.807, 2.05) is 48.7 Å². The van der Waals surface area contributed by atoms with Crippen LogP contribution in [0.4, 0.5) is 5.69 Å². The molecule has 2 amide bonds. The number of hydrogen-bond acceptors (Lipinski definition) is 3. The molecule has 0 radical (unpaired) electrons. The van der Waals surface area contributed by atoms with Crippen molar-refractivity contribution >= 4 is 17.5 Å². The summed E-state index contributed by atoms with van der Waals surface area (Å²) < 4.78 is 1.70. The molecule has 0 saturated carbocycles. The number of carbonyl (C=O) groups is 2. The number of para-hydroxylation sites is 1. The fraction of sp³-hybridized carbons (Fsp3) is 0.105. The molecule has 0 saturated heterocycles. The molecule has 6 nitrogen and oxygen atoms in total. The summed E-state index contributed by atoms with van der Waals surface area (Å²) in [5.41, 5.74) is 3.07. The van der Waals surface area contributed by atoms with Crippen molar-refractivity contribution < 1.29 is 9.59 Å². The predicted octanol–water partition coefficient (Wildman–Crippen LogP) is 2.76. The molecule has 0 atom stereocenters. The molecule has 0 spiro atoms. The van der Waals surface area contributed by atoms with Crippen molar-refractivity contribution in [3.8, 4) is 5.69 Å². The van der Waals surface area contributed by atoms with Gasteiger partial charge in [-0.15, -0.1) is 0 Å². The van der Waals surface area contributed by atoms with E-state index in [0.717, 1.165) is 16.9 Å². The highest BCUT2D eigenvalue weighted by molar-refractivity contribution is 6.04. The van der Waals surface area contributed by atoms with Gasteiger partial charge in [-0.25, -0.2) is 4.68 Å². The first kappa shape index (κ1) is 16.4. The fourth-order valence-electron chi connectivity index (χ4n) is 2.31. The van der Waals surface area contributed by atoms with Gasteiger partial charge in [0.05, 0.1) is 11.9 Å². The highest BCUT2D eigenvalue weighted by Crippen LogP contribution is 2.13. The van der Waals surface area contributed by atoms with E-state index in [0.29, 0.717) is 12.1 Å². The minimum absolute atomic E-state index is 0.0819. The molecule has 126 valence electrons. The van der Waals surface area contributed by atoms with E-state index < -0.39 is 0 Å². The van der Waals surface area contributed by atoms with Gasteiger partial charge >= 0.3 is 0 Å². The topological polar surface area (TPSA) is 76.0 Å². The number of aromatic nitrogens is 2. The summed E-state index contributed by atoms with van der Waals surface area (Å²) in [7, 11) is 0. The lowest BCUT2D eigenvalue weighted by molar-refractivity contribution is -0.119. The molecule has 0 aliphatic carbocycles. The third kappa shape index (κ3) is 4.32. The first-order valence-corrected chi connectivity index (χ1v) is 7.86. The van der Waals surface area contributed by atoms with Crippen LogP contribution < -0.4 is 10.6 Å². The molecule has 0 aliphatic rings. The van der Waals surface area contributed by atoms with Gasteiger partial charge in [-0.05, 0) is 36.4 Å². The van der Waals surface area contributed by atoms with Gasteiger partial charge in [0.1, 0.15) is 0 Å². The molecule has 25 heavy (non-hydrogen) atoms. The van der Waals surface area contributed by atoms with Crippen molar-refractivity contribution in [2.75, 3.05) is 5.32 Å². The average Bonchev–Trinajstić information content (AvgIpc) is 3.10. The fourth-order valence-corrected chi connectivity index (χ4v) is 2.31. The molecule has 3 aromatic rings. The van der Waals surface area contributed by atoms with Crippen LogP contribution in [0.15, 0.2) is 67.0 Å². The van der Waals surface area contributed by atoms with Crippen LogP contribution in [0.2, 0.25) is 0 Å². The monoisotopic (exact) mass is 334 g/mol. The van der Waals surface area contributed by atoms with Crippen LogP contribution in [0.5, 0.6) is 0 Å². The molecule has 0 aliphatic heterocycles. The summed E-state index contributed by atoms with van der Waals surface area (Å²) in [6.45, 7) is 1.91. The Morgan fingerprint density at radius 1 is 1.04 bits per heavy atom. The predicted molar refractivity (Wildman–Crippen MR) is 95.5 cm³/mol. The van der Waals surface area contributed by atoms with Crippen molar-refractivity contribution in [3.05, 3.63) is 78.1 Å². The SMILES string of the molecule is CC(=O)NCc1cnn(-c2ccc(C(=O)Nc3ccccc3)cc2)c1. The van der Waals surface area contributed by atoms with Crippen molar-refractivity contribution in [1.82, 2.24) is 15.1 Å². The lowest BCUT2D eigenvalue weighted by Gasteiger charge is -2.06. The number of nitrogens with zero attached hydrogens (tertiary/aromatic N) is 2. The molecule has 0 fully saturated rings. The molecular formula is C19H18N4O2. The second kappa shape index (κ2) is 7.44. The minimum atomic E-state index is -0.162. The average molecular weight is 334 g/mol. The van der Waals surface area contributed by atoms with Gasteiger partial charge in [0.25, 0.3) is 5.91 Å². The lowest BCUT2D eigenvalue weighted by Crippen LogP contribution is -2.18. The third-order valence-corrected chi connectivity index (χ3v) is 3.60. The van der Waals surface area contributed by atoms with E-state index in [2.05, 4.69) is 15.7 Å². The molecule has 1 aromatic heterocycles. The van der Waals surface area contributed by atoms with Crippen molar-refractivity contribution in [2.45, 2.75) is 13.5 Å². The summed E-state index contributed by atoms with van der Waals surface area (Å²) in [6.07, 6.45) is 3.54. The number of benzene rings is 2. The normalized spacial score (nSPS) is 10.3. The summed E-state index contributed by atoms with van der Waals surface area (Å²) in [5.74, 6) is -0.244. The maximum Gasteiger partial charge on any atom is 0.255 e. The van der Waals surface area contributed by atoms with E-state index >= 15 is 0 Å². The number of anilines is 1. The van der Waals surface area contributed by atoms with Crippen LogP contribution in [-0.4, -0.2) is 21.6 Å². The van der Waals surface area contributed by atoms with Gasteiger partial charge in [0.15, 0.2) is 0 Å². The number of carbonyl (C=O) groups excluding carboxylic acids is 2. The first-order valence-electron chi connectivity index (χ1n) is 7.86. The maximum atomic E-state index is 12.2. The largest absolute Gasteiger partial charge is 0.352 e. The summed E-state index contributed by atoms with van der Waals surface area (Å²) in [6, 6.07) is 16.5. The van der Waals surface area contributed by atoms with Crippen LogP contribution in [0.1, 0.15) is 22.8 Å². The van der Waals surface area contributed by atoms with Crippen LogP contribution in [0.3, 0.4) is 0 Å². The number of rotatable bonds is 5. The molecule has 3 rings (SSSR count). The third-order valence-electron chi connectivity index (χ3n) is 3.60. The number of amides is 2. The highest BCUT2D eigenvalue weighted by Gasteiger charge is 2.07. The van der Waals surface area contributed by atoms with Crippen LogP contribution in [-0.2, 0) is 11.3 Å². The zero-order valence-electron chi connectivity index (χ0n) is 13.8. The minimum Gasteiger partial charge on any atom is -0.352 e. The number of nitrogens with one attached hydrogen (secondary N) is 2. The zero-order valence-corrected chi connectivity index (χ0v) is 13.8. The smallest absolute Gasteiger partial charge is 0.255 e. The van der Waals surface area contributed by atoms with Crippen LogP contribution >= 0.6 is 0 Å². The van der Waals surface area contributed by atoms with E-state index in [-0.39, 0.29) is 11.8 Å². The Labute approximate surface area is 145 Å². The maximum absolute atomic E-state index is 12.2. The van der Waals surface area contributed by atoms with Gasteiger partial charge in [-0.1, -0.05) is 18.2 Å². The zero-order chi connectivity index (χ0) is 17.6.